The van der Waals surface area contributed by atoms with Crippen LogP contribution in [-0.2, 0) is 0 Å². The molecule has 0 atom stereocenters. The fraction of sp³-hybridized carbons (Fsp3) is 0.0769. The summed E-state index contributed by atoms with van der Waals surface area (Å²) in [5.74, 6) is 0.0389. The first-order valence-electron chi connectivity index (χ1n) is 5.49. The topological polar surface area (TPSA) is 71.5 Å². The molecule has 0 aliphatic rings. The first-order valence-corrected chi connectivity index (χ1v) is 6.68. The van der Waals surface area contributed by atoms with Gasteiger partial charge >= 0.3 is 0 Å². The lowest BCUT2D eigenvalue weighted by Gasteiger charge is -2.08. The Bertz CT molecular complexity index is 631. The number of aromatic nitrogens is 1. The van der Waals surface area contributed by atoms with Crippen LogP contribution in [0.5, 0.6) is 0 Å². The number of rotatable bonds is 3. The van der Waals surface area contributed by atoms with E-state index in [1.807, 2.05) is 31.2 Å². The Kier molecular flexibility index (Phi) is 4.29. The first kappa shape index (κ1) is 13.7. The average Bonchev–Trinajstić information content (AvgIpc) is 2.38. The van der Waals surface area contributed by atoms with Crippen LogP contribution >= 0.6 is 23.4 Å². The molecule has 0 saturated heterocycles. The van der Waals surface area contributed by atoms with Crippen molar-refractivity contribution in [3.05, 3.63) is 52.7 Å². The standard InChI is InChI=1S/C13H12ClN3OS/c1-8-5-6-11(12(15)17-18)13(16-8)19-10-4-2-3-9(14)7-10/h2-7,18H,1H3,(H2,15,17). The molecule has 1 heterocycles. The Labute approximate surface area is 120 Å². The van der Waals surface area contributed by atoms with E-state index in [0.717, 1.165) is 10.6 Å². The van der Waals surface area contributed by atoms with E-state index in [1.54, 1.807) is 12.1 Å². The van der Waals surface area contributed by atoms with E-state index in [2.05, 4.69) is 10.1 Å². The molecule has 98 valence electrons. The number of oxime groups is 1. The van der Waals surface area contributed by atoms with Gasteiger partial charge < -0.3 is 10.9 Å². The Hall–Kier alpha value is -1.72. The van der Waals surface area contributed by atoms with Crippen molar-refractivity contribution in [3.63, 3.8) is 0 Å². The molecule has 2 aromatic rings. The third-order valence-corrected chi connectivity index (χ3v) is 3.62. The maximum absolute atomic E-state index is 8.80. The largest absolute Gasteiger partial charge is 0.409 e. The highest BCUT2D eigenvalue weighted by Crippen LogP contribution is 2.30. The van der Waals surface area contributed by atoms with E-state index in [-0.39, 0.29) is 5.84 Å². The molecule has 6 heteroatoms. The highest BCUT2D eigenvalue weighted by molar-refractivity contribution is 7.99. The number of hydrogen-bond acceptors (Lipinski definition) is 4. The van der Waals surface area contributed by atoms with E-state index >= 15 is 0 Å². The number of benzene rings is 1. The zero-order chi connectivity index (χ0) is 13.8. The Morgan fingerprint density at radius 1 is 1.37 bits per heavy atom. The van der Waals surface area contributed by atoms with Gasteiger partial charge in [-0.25, -0.2) is 4.98 Å². The predicted molar refractivity (Wildman–Crippen MR) is 77.1 cm³/mol. The minimum absolute atomic E-state index is 0.0389. The van der Waals surface area contributed by atoms with Crippen molar-refractivity contribution >= 4 is 29.2 Å². The molecular weight excluding hydrogens is 282 g/mol. The summed E-state index contributed by atoms with van der Waals surface area (Å²) in [6.45, 7) is 1.89. The number of pyridine rings is 1. The van der Waals surface area contributed by atoms with Gasteiger partial charge in [0.2, 0.25) is 0 Å². The van der Waals surface area contributed by atoms with Crippen LogP contribution in [0.3, 0.4) is 0 Å². The number of aryl methyl sites for hydroxylation is 1. The van der Waals surface area contributed by atoms with Crippen molar-refractivity contribution in [2.24, 2.45) is 10.9 Å². The molecule has 2 rings (SSSR count). The molecule has 1 aromatic carbocycles. The molecule has 0 spiro atoms. The van der Waals surface area contributed by atoms with Gasteiger partial charge in [-0.2, -0.15) is 0 Å². The second kappa shape index (κ2) is 5.95. The maximum atomic E-state index is 8.80. The second-order valence-electron chi connectivity index (χ2n) is 3.85. The molecule has 19 heavy (non-hydrogen) atoms. The van der Waals surface area contributed by atoms with Crippen molar-refractivity contribution in [2.45, 2.75) is 16.8 Å². The van der Waals surface area contributed by atoms with E-state index in [4.69, 9.17) is 22.5 Å². The summed E-state index contributed by atoms with van der Waals surface area (Å²) in [6.07, 6.45) is 0. The van der Waals surface area contributed by atoms with Crippen LogP contribution in [0.4, 0.5) is 0 Å². The fourth-order valence-electron chi connectivity index (χ4n) is 1.50. The number of amidine groups is 1. The van der Waals surface area contributed by atoms with Crippen molar-refractivity contribution in [1.29, 1.82) is 0 Å². The van der Waals surface area contributed by atoms with Gasteiger partial charge in [-0.15, -0.1) is 0 Å². The van der Waals surface area contributed by atoms with Gasteiger partial charge in [0.05, 0.1) is 5.56 Å². The fourth-order valence-corrected chi connectivity index (χ4v) is 2.78. The van der Waals surface area contributed by atoms with Gasteiger partial charge in [0, 0.05) is 15.6 Å². The van der Waals surface area contributed by atoms with E-state index < -0.39 is 0 Å². The second-order valence-corrected chi connectivity index (χ2v) is 5.35. The van der Waals surface area contributed by atoms with Crippen LogP contribution in [0, 0.1) is 6.92 Å². The van der Waals surface area contributed by atoms with Crippen LogP contribution < -0.4 is 5.73 Å². The van der Waals surface area contributed by atoms with Crippen LogP contribution in [0.15, 0.2) is 51.5 Å². The number of nitrogens with two attached hydrogens (primary N) is 1. The number of hydrogen-bond donors (Lipinski definition) is 2. The SMILES string of the molecule is Cc1ccc(C(N)=NO)c(Sc2cccc(Cl)c2)n1. The molecule has 0 radical (unpaired) electrons. The van der Waals surface area contributed by atoms with Gasteiger partial charge in [-0.05, 0) is 37.3 Å². The number of halogens is 1. The average molecular weight is 294 g/mol. The monoisotopic (exact) mass is 293 g/mol. The van der Waals surface area contributed by atoms with Gasteiger partial charge in [-0.1, -0.05) is 34.6 Å². The Balaban J connectivity index is 2.41. The molecule has 0 saturated carbocycles. The summed E-state index contributed by atoms with van der Waals surface area (Å²) in [5, 5.41) is 13.2. The third kappa shape index (κ3) is 3.39. The van der Waals surface area contributed by atoms with Crippen molar-refractivity contribution in [1.82, 2.24) is 4.98 Å². The van der Waals surface area contributed by atoms with Crippen LogP contribution in [0.1, 0.15) is 11.3 Å². The summed E-state index contributed by atoms with van der Waals surface area (Å²) in [6, 6.07) is 11.0. The summed E-state index contributed by atoms with van der Waals surface area (Å²) >= 11 is 7.37. The van der Waals surface area contributed by atoms with E-state index in [0.29, 0.717) is 15.6 Å². The van der Waals surface area contributed by atoms with Gasteiger partial charge in [0.1, 0.15) is 5.03 Å². The molecule has 0 amide bonds. The molecule has 1 aromatic heterocycles. The highest BCUT2D eigenvalue weighted by atomic mass is 35.5. The summed E-state index contributed by atoms with van der Waals surface area (Å²) in [7, 11) is 0. The van der Waals surface area contributed by atoms with Crippen molar-refractivity contribution < 1.29 is 5.21 Å². The lowest BCUT2D eigenvalue weighted by molar-refractivity contribution is 0.318. The zero-order valence-electron chi connectivity index (χ0n) is 10.2. The van der Waals surface area contributed by atoms with E-state index in [9.17, 15) is 0 Å². The van der Waals surface area contributed by atoms with Crippen LogP contribution in [-0.4, -0.2) is 16.0 Å². The van der Waals surface area contributed by atoms with Gasteiger partial charge in [0.15, 0.2) is 5.84 Å². The molecule has 3 N–H and O–H groups in total. The minimum atomic E-state index is 0.0389. The van der Waals surface area contributed by atoms with Crippen molar-refractivity contribution in [2.75, 3.05) is 0 Å². The normalized spacial score (nSPS) is 11.6. The molecule has 0 bridgehead atoms. The van der Waals surface area contributed by atoms with Gasteiger partial charge in [0.25, 0.3) is 0 Å². The summed E-state index contributed by atoms with van der Waals surface area (Å²) in [5.41, 5.74) is 7.10. The Morgan fingerprint density at radius 3 is 2.84 bits per heavy atom. The maximum Gasteiger partial charge on any atom is 0.172 e. The Morgan fingerprint density at radius 2 is 2.16 bits per heavy atom. The quantitative estimate of drug-likeness (QED) is 0.394. The summed E-state index contributed by atoms with van der Waals surface area (Å²) in [4.78, 5) is 5.36. The third-order valence-electron chi connectivity index (χ3n) is 2.39. The zero-order valence-corrected chi connectivity index (χ0v) is 11.7. The molecule has 0 aliphatic heterocycles. The smallest absolute Gasteiger partial charge is 0.172 e. The highest BCUT2D eigenvalue weighted by Gasteiger charge is 2.11. The molecule has 0 fully saturated rings. The number of nitrogens with zero attached hydrogens (tertiary/aromatic N) is 2. The van der Waals surface area contributed by atoms with Crippen molar-refractivity contribution in [3.8, 4) is 0 Å². The molecular formula is C13H12ClN3OS. The predicted octanol–water partition coefficient (Wildman–Crippen LogP) is 3.29. The van der Waals surface area contributed by atoms with Gasteiger partial charge in [-0.3, -0.25) is 0 Å². The molecule has 4 nitrogen and oxygen atoms in total. The summed E-state index contributed by atoms with van der Waals surface area (Å²) < 4.78 is 0. The molecule has 0 aliphatic carbocycles. The van der Waals surface area contributed by atoms with Crippen LogP contribution in [0.25, 0.3) is 0 Å². The lowest BCUT2D eigenvalue weighted by Crippen LogP contribution is -2.15. The first-order chi connectivity index (χ1) is 9.10. The van der Waals surface area contributed by atoms with Crippen LogP contribution in [0.2, 0.25) is 5.02 Å². The lowest BCUT2D eigenvalue weighted by atomic mass is 10.2. The van der Waals surface area contributed by atoms with E-state index in [1.165, 1.54) is 11.8 Å². The molecule has 0 unspecified atom stereocenters. The minimum Gasteiger partial charge on any atom is -0.409 e.